The average Bonchev–Trinajstić information content (AvgIpc) is 3.68. The third-order valence-corrected chi connectivity index (χ3v) is 8.87. The Morgan fingerprint density at radius 3 is 2.44 bits per heavy atom. The van der Waals surface area contributed by atoms with Crippen LogP contribution in [0, 0.1) is 5.92 Å². The highest BCUT2D eigenvalue weighted by molar-refractivity contribution is 7.89. The second kappa shape index (κ2) is 10.8. The maximum Gasteiger partial charge on any atom is 0.316 e. The predicted octanol–water partition coefficient (Wildman–Crippen LogP) is 4.37. The summed E-state index contributed by atoms with van der Waals surface area (Å²) in [7, 11) is -3.81. The number of hydrogen-bond acceptors (Lipinski definition) is 6. The van der Waals surface area contributed by atoms with Crippen molar-refractivity contribution in [3.8, 4) is 5.75 Å². The number of piperidine rings is 1. The summed E-state index contributed by atoms with van der Waals surface area (Å²) in [5.74, 6) is -0.506. The number of hydrogen-bond donors (Lipinski definition) is 1. The van der Waals surface area contributed by atoms with E-state index in [1.54, 1.807) is 25.1 Å². The van der Waals surface area contributed by atoms with Gasteiger partial charge in [-0.3, -0.25) is 9.59 Å². The van der Waals surface area contributed by atoms with E-state index in [-0.39, 0.29) is 28.3 Å². The van der Waals surface area contributed by atoms with Gasteiger partial charge >= 0.3 is 5.97 Å². The van der Waals surface area contributed by atoms with Gasteiger partial charge in [0.05, 0.1) is 34.5 Å². The molecule has 1 unspecified atom stereocenters. The predicted molar refractivity (Wildman–Crippen MR) is 137 cm³/mol. The number of nitrogens with zero attached hydrogens (tertiary/aromatic N) is 1. The molecule has 0 spiro atoms. The minimum atomic E-state index is -3.81. The summed E-state index contributed by atoms with van der Waals surface area (Å²) < 4.78 is 38.4. The van der Waals surface area contributed by atoms with Crippen LogP contribution in [0.2, 0.25) is 5.02 Å². The Labute approximate surface area is 217 Å². The Hall–Kier alpha value is -2.62. The van der Waals surface area contributed by atoms with E-state index in [9.17, 15) is 18.0 Å². The van der Waals surface area contributed by atoms with E-state index in [2.05, 4.69) is 5.32 Å². The lowest BCUT2D eigenvalue weighted by molar-refractivity contribution is -0.146. The first-order chi connectivity index (χ1) is 17.2. The van der Waals surface area contributed by atoms with Crippen molar-refractivity contribution in [2.24, 2.45) is 5.92 Å². The van der Waals surface area contributed by atoms with Gasteiger partial charge in [0.15, 0.2) is 0 Å². The quantitative estimate of drug-likeness (QED) is 0.479. The summed E-state index contributed by atoms with van der Waals surface area (Å²) in [6, 6.07) is 11.6. The Bertz CT molecular complexity index is 1230. The Morgan fingerprint density at radius 2 is 1.83 bits per heavy atom. The molecule has 10 heteroatoms. The number of carbonyl (C=O) groups excluding carboxylic acids is 2. The molecule has 1 aliphatic carbocycles. The van der Waals surface area contributed by atoms with Gasteiger partial charge in [0.25, 0.3) is 0 Å². The number of amides is 1. The second-order valence-electron chi connectivity index (χ2n) is 9.10. The zero-order valence-corrected chi connectivity index (χ0v) is 22.0. The number of carbonyl (C=O) groups is 2. The van der Waals surface area contributed by atoms with E-state index in [0.717, 1.165) is 18.4 Å². The van der Waals surface area contributed by atoms with Crippen LogP contribution < -0.4 is 10.1 Å². The molecule has 0 bridgehead atoms. The van der Waals surface area contributed by atoms with Crippen molar-refractivity contribution in [1.29, 1.82) is 0 Å². The van der Waals surface area contributed by atoms with Crippen LogP contribution in [-0.2, 0) is 29.8 Å². The maximum atomic E-state index is 13.2. The molecule has 1 atom stereocenters. The van der Waals surface area contributed by atoms with E-state index in [0.29, 0.717) is 44.0 Å². The van der Waals surface area contributed by atoms with Crippen LogP contribution >= 0.6 is 11.6 Å². The highest BCUT2D eigenvalue weighted by Gasteiger charge is 2.52. The van der Waals surface area contributed by atoms with Crippen molar-refractivity contribution in [2.75, 3.05) is 31.6 Å². The van der Waals surface area contributed by atoms with Crippen LogP contribution in [0.25, 0.3) is 0 Å². The molecule has 0 aromatic heterocycles. The second-order valence-corrected chi connectivity index (χ2v) is 11.4. The summed E-state index contributed by atoms with van der Waals surface area (Å²) in [5, 5.41) is 3.12. The summed E-state index contributed by atoms with van der Waals surface area (Å²) in [6.07, 6.45) is 2.67. The minimum Gasteiger partial charge on any atom is -0.492 e. The molecule has 1 N–H and O–H groups in total. The molecule has 1 amide bonds. The number of benzene rings is 2. The molecule has 2 aromatic rings. The first kappa shape index (κ1) is 26.4. The molecule has 8 nitrogen and oxygen atoms in total. The first-order valence-electron chi connectivity index (χ1n) is 12.2. The topological polar surface area (TPSA) is 102 Å². The summed E-state index contributed by atoms with van der Waals surface area (Å²) >= 11 is 6.20. The molecule has 2 fully saturated rings. The van der Waals surface area contributed by atoms with Gasteiger partial charge in [0.2, 0.25) is 15.9 Å². The van der Waals surface area contributed by atoms with Crippen LogP contribution in [0.5, 0.6) is 5.75 Å². The molecule has 2 aliphatic rings. The first-order valence-corrected chi connectivity index (χ1v) is 14.0. The van der Waals surface area contributed by atoms with E-state index in [1.165, 1.54) is 16.4 Å². The zero-order chi connectivity index (χ0) is 25.9. The van der Waals surface area contributed by atoms with Gasteiger partial charge in [-0.2, -0.15) is 4.31 Å². The smallest absolute Gasteiger partial charge is 0.316 e. The molecule has 36 heavy (non-hydrogen) atoms. The SMILES string of the molecule is CCOC(=O)C1(c2ccc(NC(=O)C3CCCN(S(=O)(=O)c4ccc(OCC)c(Cl)c4)C3)cc2)CC1. The number of halogens is 1. The molecule has 0 radical (unpaired) electrons. The number of esters is 1. The normalized spacial score (nSPS) is 19.4. The van der Waals surface area contributed by atoms with Crippen LogP contribution in [0.15, 0.2) is 47.4 Å². The largest absolute Gasteiger partial charge is 0.492 e. The molecule has 1 heterocycles. The van der Waals surface area contributed by atoms with Gasteiger partial charge in [-0.15, -0.1) is 0 Å². The molecular weight excluding hydrogens is 504 g/mol. The summed E-state index contributed by atoms with van der Waals surface area (Å²) in [6.45, 7) is 4.79. The molecule has 1 saturated carbocycles. The lowest BCUT2D eigenvalue weighted by Crippen LogP contribution is -2.43. The number of anilines is 1. The van der Waals surface area contributed by atoms with Gasteiger partial charge in [-0.05, 0) is 75.4 Å². The summed E-state index contributed by atoms with van der Waals surface area (Å²) in [4.78, 5) is 25.4. The van der Waals surface area contributed by atoms with E-state index in [4.69, 9.17) is 21.1 Å². The van der Waals surface area contributed by atoms with Crippen molar-refractivity contribution >= 4 is 39.2 Å². The van der Waals surface area contributed by atoms with E-state index < -0.39 is 21.4 Å². The van der Waals surface area contributed by atoms with Gasteiger partial charge < -0.3 is 14.8 Å². The number of sulfonamides is 1. The molecule has 2 aromatic carbocycles. The molecular formula is C26H31ClN2O6S. The highest BCUT2D eigenvalue weighted by Crippen LogP contribution is 2.49. The van der Waals surface area contributed by atoms with Crippen molar-refractivity contribution in [3.63, 3.8) is 0 Å². The van der Waals surface area contributed by atoms with Crippen LogP contribution in [0.1, 0.15) is 45.1 Å². The Morgan fingerprint density at radius 1 is 1.11 bits per heavy atom. The van der Waals surface area contributed by atoms with Gasteiger partial charge in [-0.25, -0.2) is 8.42 Å². The minimum absolute atomic E-state index is 0.0724. The molecule has 1 aliphatic heterocycles. The van der Waals surface area contributed by atoms with Crippen LogP contribution in [0.3, 0.4) is 0 Å². The van der Waals surface area contributed by atoms with E-state index >= 15 is 0 Å². The zero-order valence-electron chi connectivity index (χ0n) is 20.5. The maximum absolute atomic E-state index is 13.2. The van der Waals surface area contributed by atoms with Crippen molar-refractivity contribution in [2.45, 2.75) is 49.8 Å². The van der Waals surface area contributed by atoms with Crippen LogP contribution in [-0.4, -0.2) is 50.9 Å². The number of ether oxygens (including phenoxy) is 2. The van der Waals surface area contributed by atoms with Crippen molar-refractivity contribution in [1.82, 2.24) is 4.31 Å². The summed E-state index contributed by atoms with van der Waals surface area (Å²) in [5.41, 5.74) is 0.908. The molecule has 194 valence electrons. The Balaban J connectivity index is 1.41. The fourth-order valence-electron chi connectivity index (χ4n) is 4.56. The van der Waals surface area contributed by atoms with Crippen molar-refractivity contribution in [3.05, 3.63) is 53.1 Å². The highest BCUT2D eigenvalue weighted by atomic mass is 35.5. The van der Waals surface area contributed by atoms with Gasteiger partial charge in [0, 0.05) is 18.8 Å². The van der Waals surface area contributed by atoms with E-state index in [1.807, 2.05) is 19.1 Å². The van der Waals surface area contributed by atoms with Gasteiger partial charge in [-0.1, -0.05) is 23.7 Å². The fourth-order valence-corrected chi connectivity index (χ4v) is 6.41. The average molecular weight is 535 g/mol. The Kier molecular flexibility index (Phi) is 7.92. The third kappa shape index (κ3) is 5.38. The van der Waals surface area contributed by atoms with Crippen LogP contribution in [0.4, 0.5) is 5.69 Å². The standard InChI is InChI=1S/C26H31ClN2O6S/c1-3-34-23-12-11-21(16-22(23)27)36(32,33)29-15-5-6-18(17-29)24(30)28-20-9-7-19(8-10-20)26(13-14-26)25(31)35-4-2/h7-12,16,18H,3-6,13-15,17H2,1-2H3,(H,28,30). The third-order valence-electron chi connectivity index (χ3n) is 6.72. The lowest BCUT2D eigenvalue weighted by atomic mass is 9.95. The van der Waals surface area contributed by atoms with Crippen molar-refractivity contribution < 1.29 is 27.5 Å². The monoisotopic (exact) mass is 534 g/mol. The molecule has 1 saturated heterocycles. The number of rotatable bonds is 9. The lowest BCUT2D eigenvalue weighted by Gasteiger charge is -2.31. The van der Waals surface area contributed by atoms with Gasteiger partial charge in [0.1, 0.15) is 5.75 Å². The number of nitrogens with one attached hydrogen (secondary N) is 1. The molecule has 4 rings (SSSR count). The fraction of sp³-hybridized carbons (Fsp3) is 0.462.